The van der Waals surface area contributed by atoms with E-state index < -0.39 is 5.97 Å². The summed E-state index contributed by atoms with van der Waals surface area (Å²) in [6.07, 6.45) is 0. The lowest BCUT2D eigenvalue weighted by Gasteiger charge is -1.97. The van der Waals surface area contributed by atoms with Crippen LogP contribution in [0, 0.1) is 0 Å². The Balaban J connectivity index is -0.000000188. The second-order valence-electron chi connectivity index (χ2n) is 2.78. The van der Waals surface area contributed by atoms with Crippen molar-refractivity contribution in [2.24, 2.45) is 5.73 Å². The van der Waals surface area contributed by atoms with Crippen LogP contribution >= 0.6 is 0 Å². The fourth-order valence-corrected chi connectivity index (χ4v) is 0.447. The molecule has 7 heteroatoms. The van der Waals surface area contributed by atoms with E-state index in [0.29, 0.717) is 26.3 Å². The van der Waals surface area contributed by atoms with Crippen molar-refractivity contribution in [2.75, 3.05) is 40.5 Å². The molecule has 0 aliphatic heterocycles. The molecule has 0 saturated carbocycles. The molecule has 0 aromatic rings. The molecule has 0 unspecified atom stereocenters. The molecule has 0 aromatic heterocycles. The van der Waals surface area contributed by atoms with Gasteiger partial charge in [-0.1, -0.05) is 0 Å². The average Bonchev–Trinajstić information content (AvgIpc) is 2.19. The number of amides is 1. The number of carboxylic acid groups (broad SMARTS) is 1. The van der Waals surface area contributed by atoms with Gasteiger partial charge in [0.1, 0.15) is 0 Å². The summed E-state index contributed by atoms with van der Waals surface area (Å²) in [5.41, 5.74) is 5.01. The predicted octanol–water partition coefficient (Wildman–Crippen LogP) is -0.549. The molecule has 1 amide bonds. The number of carbonyl (C=O) groups excluding carboxylic acids is 1. The number of hydrogen-bond donors (Lipinski definition) is 3. The Labute approximate surface area is 102 Å². The van der Waals surface area contributed by atoms with Gasteiger partial charge >= 0.3 is 0 Å². The number of carbonyl (C=O) groups is 2. The summed E-state index contributed by atoms with van der Waals surface area (Å²) in [6.45, 7) is 5.04. The van der Waals surface area contributed by atoms with Crippen molar-refractivity contribution in [3.05, 3.63) is 0 Å². The maximum atomic E-state index is 10.2. The average molecular weight is 252 g/mol. The van der Waals surface area contributed by atoms with Crippen LogP contribution in [0.2, 0.25) is 0 Å². The standard InChI is InChI=1S/C5H11NO2.C3H9NO.C2H4O2/c1-5(7)6-3-4-8-2;1-5-3-2-4;1-2(3)4/h3-4H2,1-2H3,(H,6,7);2-4H2,1H3;1H3,(H,3,4). The quantitative estimate of drug-likeness (QED) is 0.566. The highest BCUT2D eigenvalue weighted by Crippen LogP contribution is 1.63. The summed E-state index contributed by atoms with van der Waals surface area (Å²) in [7, 11) is 3.23. The van der Waals surface area contributed by atoms with Gasteiger partial charge in [0.15, 0.2) is 0 Å². The van der Waals surface area contributed by atoms with Gasteiger partial charge in [-0.2, -0.15) is 0 Å². The van der Waals surface area contributed by atoms with Crippen molar-refractivity contribution >= 4 is 11.9 Å². The molecule has 0 heterocycles. The normalized spacial score (nSPS) is 8.06. The molecule has 0 atom stereocenters. The Morgan fingerprint density at radius 3 is 1.76 bits per heavy atom. The van der Waals surface area contributed by atoms with Crippen molar-refractivity contribution in [2.45, 2.75) is 13.8 Å². The van der Waals surface area contributed by atoms with Crippen LogP contribution in [0.25, 0.3) is 0 Å². The van der Waals surface area contributed by atoms with Crippen molar-refractivity contribution in [1.29, 1.82) is 0 Å². The maximum Gasteiger partial charge on any atom is 0.300 e. The first-order chi connectivity index (χ1) is 7.92. The van der Waals surface area contributed by atoms with Crippen LogP contribution in [0.3, 0.4) is 0 Å². The molecule has 7 nitrogen and oxygen atoms in total. The molecular weight excluding hydrogens is 228 g/mol. The third-order valence-corrected chi connectivity index (χ3v) is 1.00. The van der Waals surface area contributed by atoms with Crippen molar-refractivity contribution in [3.8, 4) is 0 Å². The molecule has 0 radical (unpaired) electrons. The molecule has 0 aliphatic carbocycles. The molecule has 0 saturated heterocycles. The molecular formula is C10H24N2O5. The SMILES string of the molecule is CC(=O)O.COCCN.COCCNC(C)=O. The number of rotatable bonds is 5. The van der Waals surface area contributed by atoms with Gasteiger partial charge in [-0.15, -0.1) is 0 Å². The van der Waals surface area contributed by atoms with Crippen LogP contribution in [-0.2, 0) is 19.1 Å². The van der Waals surface area contributed by atoms with Gasteiger partial charge < -0.3 is 25.6 Å². The first-order valence-corrected chi connectivity index (χ1v) is 5.04. The topological polar surface area (TPSA) is 111 Å². The van der Waals surface area contributed by atoms with E-state index in [1.165, 1.54) is 6.92 Å². The number of methoxy groups -OCH3 is 2. The molecule has 0 bridgehead atoms. The highest BCUT2D eigenvalue weighted by molar-refractivity contribution is 5.72. The Morgan fingerprint density at radius 2 is 1.59 bits per heavy atom. The molecule has 17 heavy (non-hydrogen) atoms. The minimum Gasteiger partial charge on any atom is -0.481 e. The third kappa shape index (κ3) is 71.9. The van der Waals surface area contributed by atoms with E-state index in [0.717, 1.165) is 6.92 Å². The Bertz CT molecular complexity index is 170. The summed E-state index contributed by atoms with van der Waals surface area (Å²) < 4.78 is 9.24. The number of aliphatic carboxylic acids is 1. The minimum atomic E-state index is -0.833. The lowest BCUT2D eigenvalue weighted by Crippen LogP contribution is -2.23. The van der Waals surface area contributed by atoms with Gasteiger partial charge in [0.05, 0.1) is 13.2 Å². The number of nitrogens with one attached hydrogen (secondary N) is 1. The van der Waals surface area contributed by atoms with E-state index in [9.17, 15) is 4.79 Å². The Morgan fingerprint density at radius 1 is 1.18 bits per heavy atom. The fraction of sp³-hybridized carbons (Fsp3) is 0.800. The van der Waals surface area contributed by atoms with Gasteiger partial charge in [0.2, 0.25) is 5.91 Å². The van der Waals surface area contributed by atoms with E-state index >= 15 is 0 Å². The maximum absolute atomic E-state index is 10.2. The summed E-state index contributed by atoms with van der Waals surface area (Å²) in [5, 5.41) is 10.00. The van der Waals surface area contributed by atoms with Crippen LogP contribution in [-0.4, -0.2) is 57.5 Å². The minimum absolute atomic E-state index is 0.0120. The molecule has 104 valence electrons. The molecule has 0 fully saturated rings. The Hall–Kier alpha value is -1.18. The lowest BCUT2D eigenvalue weighted by atomic mass is 10.6. The second kappa shape index (κ2) is 20.3. The first-order valence-electron chi connectivity index (χ1n) is 5.04. The van der Waals surface area contributed by atoms with E-state index in [2.05, 4.69) is 14.8 Å². The predicted molar refractivity (Wildman–Crippen MR) is 64.8 cm³/mol. The van der Waals surface area contributed by atoms with Gasteiger partial charge in [0.25, 0.3) is 5.97 Å². The van der Waals surface area contributed by atoms with Crippen LogP contribution in [0.5, 0.6) is 0 Å². The Kier molecular flexibility index (Phi) is 25.2. The summed E-state index contributed by atoms with van der Waals surface area (Å²) in [6, 6.07) is 0. The summed E-state index contributed by atoms with van der Waals surface area (Å²) in [5.74, 6) is -0.845. The van der Waals surface area contributed by atoms with Crippen LogP contribution < -0.4 is 11.1 Å². The molecule has 0 aromatic carbocycles. The summed E-state index contributed by atoms with van der Waals surface area (Å²) >= 11 is 0. The highest BCUT2D eigenvalue weighted by Gasteiger charge is 1.85. The van der Waals surface area contributed by atoms with Crippen LogP contribution in [0.4, 0.5) is 0 Å². The highest BCUT2D eigenvalue weighted by atomic mass is 16.5. The van der Waals surface area contributed by atoms with E-state index in [1.54, 1.807) is 14.2 Å². The zero-order chi connectivity index (χ0) is 14.1. The zero-order valence-corrected chi connectivity index (χ0v) is 11.0. The van der Waals surface area contributed by atoms with E-state index in [-0.39, 0.29) is 5.91 Å². The number of nitrogens with two attached hydrogens (primary N) is 1. The number of ether oxygens (including phenoxy) is 2. The van der Waals surface area contributed by atoms with E-state index in [1.807, 2.05) is 0 Å². The molecule has 0 rings (SSSR count). The molecule has 0 spiro atoms. The van der Waals surface area contributed by atoms with E-state index in [4.69, 9.17) is 15.6 Å². The van der Waals surface area contributed by atoms with Gasteiger partial charge in [-0.25, -0.2) is 0 Å². The fourth-order valence-electron chi connectivity index (χ4n) is 0.447. The lowest BCUT2D eigenvalue weighted by molar-refractivity contribution is -0.134. The monoisotopic (exact) mass is 252 g/mol. The van der Waals surface area contributed by atoms with Crippen molar-refractivity contribution < 1.29 is 24.2 Å². The van der Waals surface area contributed by atoms with Gasteiger partial charge in [-0.05, 0) is 0 Å². The van der Waals surface area contributed by atoms with Crippen LogP contribution in [0.15, 0.2) is 0 Å². The van der Waals surface area contributed by atoms with Crippen molar-refractivity contribution in [1.82, 2.24) is 5.32 Å². The third-order valence-electron chi connectivity index (χ3n) is 1.00. The van der Waals surface area contributed by atoms with Gasteiger partial charge in [-0.3, -0.25) is 9.59 Å². The van der Waals surface area contributed by atoms with Gasteiger partial charge in [0, 0.05) is 41.2 Å². The first kappa shape index (κ1) is 21.1. The zero-order valence-electron chi connectivity index (χ0n) is 11.0. The number of carboxylic acids is 1. The second-order valence-corrected chi connectivity index (χ2v) is 2.78. The largest absolute Gasteiger partial charge is 0.481 e. The summed E-state index contributed by atoms with van der Waals surface area (Å²) in [4.78, 5) is 19.2. The van der Waals surface area contributed by atoms with Crippen LogP contribution in [0.1, 0.15) is 13.8 Å². The molecule has 4 N–H and O–H groups in total. The van der Waals surface area contributed by atoms with Crippen molar-refractivity contribution in [3.63, 3.8) is 0 Å². The smallest absolute Gasteiger partial charge is 0.300 e. The molecule has 0 aliphatic rings. The number of hydrogen-bond acceptors (Lipinski definition) is 5.